The molecule has 3 aromatic rings. The topological polar surface area (TPSA) is 48.9 Å². The van der Waals surface area contributed by atoms with Gasteiger partial charge in [-0.15, -0.1) is 0 Å². The van der Waals surface area contributed by atoms with Gasteiger partial charge in [0.05, 0.1) is 11.4 Å². The SMILES string of the molecule is Cc1cccc(CN(Cc2ccccn2)Cc2cc(C(C)(C)C)cc(C(C)(C)C)c2[O])n1. The zero-order chi connectivity index (χ0) is 23.5. The van der Waals surface area contributed by atoms with E-state index in [0.29, 0.717) is 19.6 Å². The molecule has 0 bridgehead atoms. The lowest BCUT2D eigenvalue weighted by atomic mass is 9.79. The Kier molecular flexibility index (Phi) is 7.04. The van der Waals surface area contributed by atoms with Crippen molar-refractivity contribution in [2.75, 3.05) is 0 Å². The molecule has 0 aliphatic carbocycles. The predicted octanol–water partition coefficient (Wildman–Crippen LogP) is 6.73. The van der Waals surface area contributed by atoms with Gasteiger partial charge in [-0.1, -0.05) is 65.8 Å². The maximum absolute atomic E-state index is 13.5. The molecule has 2 heterocycles. The van der Waals surface area contributed by atoms with Gasteiger partial charge in [0.25, 0.3) is 0 Å². The fourth-order valence-electron chi connectivity index (χ4n) is 3.84. The van der Waals surface area contributed by atoms with Gasteiger partial charge in [0.15, 0.2) is 5.75 Å². The molecule has 0 fully saturated rings. The summed E-state index contributed by atoms with van der Waals surface area (Å²) in [6.45, 7) is 16.8. The molecule has 0 saturated carbocycles. The number of hydrogen-bond donors (Lipinski definition) is 0. The first-order valence-corrected chi connectivity index (χ1v) is 11.3. The van der Waals surface area contributed by atoms with Gasteiger partial charge in [0.1, 0.15) is 0 Å². The third kappa shape index (κ3) is 6.17. The van der Waals surface area contributed by atoms with Crippen molar-refractivity contribution in [2.24, 2.45) is 0 Å². The lowest BCUT2D eigenvalue weighted by Gasteiger charge is -2.28. The Morgan fingerprint density at radius 2 is 1.50 bits per heavy atom. The molecule has 0 aliphatic heterocycles. The second kappa shape index (κ2) is 9.41. The molecule has 0 saturated heterocycles. The van der Waals surface area contributed by atoms with Crippen LogP contribution in [0.3, 0.4) is 0 Å². The number of benzene rings is 1. The molecule has 169 valence electrons. The largest absolute Gasteiger partial charge is 0.289 e. The fourth-order valence-corrected chi connectivity index (χ4v) is 3.84. The van der Waals surface area contributed by atoms with Crippen molar-refractivity contribution in [3.05, 3.63) is 88.5 Å². The molecule has 2 aromatic heterocycles. The fraction of sp³-hybridized carbons (Fsp3) is 0.429. The van der Waals surface area contributed by atoms with Crippen LogP contribution in [0.2, 0.25) is 0 Å². The molecule has 0 unspecified atom stereocenters. The van der Waals surface area contributed by atoms with Crippen LogP contribution >= 0.6 is 0 Å². The molecule has 1 aromatic carbocycles. The van der Waals surface area contributed by atoms with E-state index in [1.165, 1.54) is 5.56 Å². The van der Waals surface area contributed by atoms with Crippen LogP contribution in [-0.4, -0.2) is 14.9 Å². The summed E-state index contributed by atoms with van der Waals surface area (Å²) in [5.74, 6) is 0.147. The summed E-state index contributed by atoms with van der Waals surface area (Å²) in [5, 5.41) is 13.5. The van der Waals surface area contributed by atoms with Gasteiger partial charge in [0, 0.05) is 42.7 Å². The molecule has 0 amide bonds. The van der Waals surface area contributed by atoms with Crippen LogP contribution in [-0.2, 0) is 35.6 Å². The number of aryl methyl sites for hydroxylation is 1. The van der Waals surface area contributed by atoms with Crippen molar-refractivity contribution in [1.29, 1.82) is 0 Å². The van der Waals surface area contributed by atoms with E-state index in [1.54, 1.807) is 0 Å². The van der Waals surface area contributed by atoms with Gasteiger partial charge in [0.2, 0.25) is 0 Å². The van der Waals surface area contributed by atoms with E-state index < -0.39 is 0 Å². The number of aromatic nitrogens is 2. The summed E-state index contributed by atoms with van der Waals surface area (Å²) in [7, 11) is 0. The van der Waals surface area contributed by atoms with Crippen molar-refractivity contribution in [2.45, 2.75) is 78.9 Å². The van der Waals surface area contributed by atoms with Crippen molar-refractivity contribution in [1.82, 2.24) is 14.9 Å². The highest BCUT2D eigenvalue weighted by Gasteiger charge is 2.27. The Bertz CT molecular complexity index is 1050. The Balaban J connectivity index is 2.02. The van der Waals surface area contributed by atoms with E-state index in [2.05, 4.69) is 63.6 Å². The van der Waals surface area contributed by atoms with Crippen molar-refractivity contribution in [3.63, 3.8) is 0 Å². The first-order chi connectivity index (χ1) is 14.9. The summed E-state index contributed by atoms with van der Waals surface area (Å²) in [4.78, 5) is 11.5. The number of hydrogen-bond acceptors (Lipinski definition) is 3. The number of nitrogens with zero attached hydrogens (tertiary/aromatic N) is 3. The molecule has 32 heavy (non-hydrogen) atoms. The highest BCUT2D eigenvalue weighted by molar-refractivity contribution is 5.48. The van der Waals surface area contributed by atoms with E-state index in [-0.39, 0.29) is 16.6 Å². The highest BCUT2D eigenvalue weighted by atomic mass is 16.3. The lowest BCUT2D eigenvalue weighted by Crippen LogP contribution is -2.25. The van der Waals surface area contributed by atoms with Crippen LogP contribution in [0, 0.1) is 6.92 Å². The second-order valence-electron chi connectivity index (χ2n) is 10.7. The van der Waals surface area contributed by atoms with Crippen LogP contribution in [0.15, 0.2) is 54.7 Å². The first kappa shape index (κ1) is 23.9. The maximum Gasteiger partial charge on any atom is 0.186 e. The van der Waals surface area contributed by atoms with Gasteiger partial charge in [-0.25, -0.2) is 0 Å². The monoisotopic (exact) mass is 430 g/mol. The lowest BCUT2D eigenvalue weighted by molar-refractivity contribution is 0.233. The molecule has 0 spiro atoms. The number of pyridine rings is 2. The zero-order valence-corrected chi connectivity index (χ0v) is 20.6. The van der Waals surface area contributed by atoms with E-state index in [4.69, 9.17) is 4.98 Å². The summed E-state index contributed by atoms with van der Waals surface area (Å²) >= 11 is 0. The minimum Gasteiger partial charge on any atom is -0.289 e. The average molecular weight is 431 g/mol. The Labute approximate surface area is 193 Å². The predicted molar refractivity (Wildman–Crippen MR) is 130 cm³/mol. The van der Waals surface area contributed by atoms with E-state index >= 15 is 0 Å². The minimum absolute atomic E-state index is 0.0354. The second-order valence-corrected chi connectivity index (χ2v) is 10.7. The van der Waals surface area contributed by atoms with E-state index in [1.807, 2.05) is 49.5 Å². The van der Waals surface area contributed by atoms with Gasteiger partial charge >= 0.3 is 0 Å². The highest BCUT2D eigenvalue weighted by Crippen LogP contribution is 2.38. The molecule has 0 aliphatic rings. The Morgan fingerprint density at radius 1 is 0.812 bits per heavy atom. The zero-order valence-electron chi connectivity index (χ0n) is 20.6. The van der Waals surface area contributed by atoms with Crippen molar-refractivity contribution >= 4 is 0 Å². The average Bonchev–Trinajstić information content (AvgIpc) is 2.68. The third-order valence-corrected chi connectivity index (χ3v) is 5.68. The summed E-state index contributed by atoms with van der Waals surface area (Å²) in [6.07, 6.45) is 1.81. The van der Waals surface area contributed by atoms with Crippen LogP contribution in [0.1, 0.15) is 75.3 Å². The molecular weight excluding hydrogens is 394 g/mol. The number of rotatable bonds is 6. The Hall–Kier alpha value is -2.72. The smallest absolute Gasteiger partial charge is 0.186 e. The summed E-state index contributed by atoms with van der Waals surface area (Å²) < 4.78 is 0. The van der Waals surface area contributed by atoms with Crippen molar-refractivity contribution < 1.29 is 5.11 Å². The molecule has 0 atom stereocenters. The molecule has 4 nitrogen and oxygen atoms in total. The molecule has 0 N–H and O–H groups in total. The molecular formula is C28H36N3O. The standard InChI is InChI=1S/C28H36N3O/c1-20-11-10-13-24(30-20)19-31(18-23-12-8-9-14-29-23)17-21-15-22(27(2,3)4)16-25(26(21)32)28(5,6)7/h8-16H,17-19H2,1-7H3. The van der Waals surface area contributed by atoms with E-state index in [9.17, 15) is 5.11 Å². The molecule has 1 radical (unpaired) electrons. The molecule has 4 heteroatoms. The molecule has 3 rings (SSSR count). The normalized spacial score (nSPS) is 12.4. The summed E-state index contributed by atoms with van der Waals surface area (Å²) in [6, 6.07) is 16.3. The van der Waals surface area contributed by atoms with Crippen molar-refractivity contribution in [3.8, 4) is 5.75 Å². The maximum atomic E-state index is 13.5. The Morgan fingerprint density at radius 3 is 2.09 bits per heavy atom. The van der Waals surface area contributed by atoms with E-state index in [0.717, 1.165) is 28.2 Å². The quantitative estimate of drug-likeness (QED) is 0.436. The van der Waals surface area contributed by atoms with Gasteiger partial charge in [-0.2, -0.15) is 0 Å². The van der Waals surface area contributed by atoms with Crippen LogP contribution < -0.4 is 0 Å². The van der Waals surface area contributed by atoms with Gasteiger partial charge in [-0.3, -0.25) is 20.0 Å². The van der Waals surface area contributed by atoms with Crippen LogP contribution in [0.25, 0.3) is 0 Å². The third-order valence-electron chi connectivity index (χ3n) is 5.68. The van der Waals surface area contributed by atoms with Gasteiger partial charge < -0.3 is 0 Å². The van der Waals surface area contributed by atoms with Crippen LogP contribution in [0.4, 0.5) is 0 Å². The van der Waals surface area contributed by atoms with Gasteiger partial charge in [-0.05, 0) is 47.6 Å². The van der Waals surface area contributed by atoms with Crippen LogP contribution in [0.5, 0.6) is 5.75 Å². The minimum atomic E-state index is -0.211. The summed E-state index contributed by atoms with van der Waals surface area (Å²) in [5.41, 5.74) is 5.64. The first-order valence-electron chi connectivity index (χ1n) is 11.3.